The highest BCUT2D eigenvalue weighted by Crippen LogP contribution is 2.48. The number of piperidine rings is 3. The molecule has 0 aromatic rings. The lowest BCUT2D eigenvalue weighted by molar-refractivity contribution is -0.261. The van der Waals surface area contributed by atoms with Crippen molar-refractivity contribution < 1.29 is 58.9 Å². The van der Waals surface area contributed by atoms with Crippen LogP contribution in [0.2, 0.25) is 0 Å². The highest BCUT2D eigenvalue weighted by atomic mass is 16.6. The number of hydrogen-bond acceptors (Lipinski definition) is 15. The molecular weight excluding hydrogens is 775 g/mol. The van der Waals surface area contributed by atoms with Crippen LogP contribution in [0.1, 0.15) is 175 Å². The number of ether oxygens (including phenoxy) is 4. The highest BCUT2D eigenvalue weighted by Gasteiger charge is 2.52. The van der Waals surface area contributed by atoms with Gasteiger partial charge >= 0.3 is 23.9 Å². The molecule has 4 aliphatic rings. The van der Waals surface area contributed by atoms with Gasteiger partial charge in [0, 0.05) is 71.8 Å². The van der Waals surface area contributed by atoms with Gasteiger partial charge in [-0.3, -0.25) is 19.2 Å². The van der Waals surface area contributed by atoms with Crippen molar-refractivity contribution in [3.05, 3.63) is 0 Å². The van der Waals surface area contributed by atoms with Crippen molar-refractivity contribution in [3.63, 3.8) is 0 Å². The Kier molecular flexibility index (Phi) is 14.2. The van der Waals surface area contributed by atoms with Crippen molar-refractivity contribution in [3.8, 4) is 0 Å². The number of carbonyl (C=O) groups excluding carboxylic acids is 4. The number of rotatable bonds is 11. The maximum atomic E-state index is 14.7. The van der Waals surface area contributed by atoms with Crippen molar-refractivity contribution in [2.24, 2.45) is 22.7 Å². The summed E-state index contributed by atoms with van der Waals surface area (Å²) in [6.07, 6.45) is -2.17. The highest BCUT2D eigenvalue weighted by molar-refractivity contribution is 5.88. The van der Waals surface area contributed by atoms with Gasteiger partial charge in [0.05, 0.1) is 30.8 Å². The van der Waals surface area contributed by atoms with E-state index in [4.69, 9.17) is 18.9 Å². The molecule has 15 heteroatoms. The average Bonchev–Trinajstić information content (AvgIpc) is 3.04. The largest absolute Gasteiger partial charge is 0.462 e. The molecule has 60 heavy (non-hydrogen) atoms. The molecule has 3 saturated heterocycles. The molecule has 1 saturated carbocycles. The molecule has 0 spiro atoms. The van der Waals surface area contributed by atoms with Crippen molar-refractivity contribution in [2.75, 3.05) is 0 Å². The van der Waals surface area contributed by atoms with E-state index in [-0.39, 0.29) is 25.7 Å². The summed E-state index contributed by atoms with van der Waals surface area (Å²) in [5.74, 6) is -6.38. The third-order valence-electron chi connectivity index (χ3n) is 13.8. The Morgan fingerprint density at radius 1 is 0.433 bits per heavy atom. The van der Waals surface area contributed by atoms with Crippen LogP contribution < -0.4 is 0 Å². The van der Waals surface area contributed by atoms with E-state index in [1.165, 1.54) is 15.2 Å². The van der Waals surface area contributed by atoms with Crippen LogP contribution in [0.3, 0.4) is 0 Å². The smallest absolute Gasteiger partial charge is 0.310 e. The number of aliphatic hydroxyl groups is 1. The fourth-order valence-electron chi connectivity index (χ4n) is 11.5. The van der Waals surface area contributed by atoms with Gasteiger partial charge in [0.2, 0.25) is 0 Å². The number of carbonyl (C=O) groups is 4. The molecule has 0 aromatic heterocycles. The number of hydroxylamine groups is 6. The number of aliphatic hydroxyl groups excluding tert-OH is 1. The van der Waals surface area contributed by atoms with Gasteiger partial charge in [0.15, 0.2) is 0 Å². The second kappa shape index (κ2) is 17.0. The van der Waals surface area contributed by atoms with Crippen molar-refractivity contribution in [1.82, 2.24) is 15.2 Å². The molecule has 3 aliphatic heterocycles. The average molecular weight is 854 g/mol. The van der Waals surface area contributed by atoms with Gasteiger partial charge in [0.25, 0.3) is 0 Å². The SMILES string of the molecule is CC1(C)CC(OC(=O)CC(C(=O)OC2CC(C)(C)N(O)C(C)(C)C2)C(CC(=O)OC2CC(C)(C)N(O)C(C)(C)C2)C(=O)OC2CC(C)(C)N(O)C(C)(C)C2)CC(C)(C)C1O. The minimum atomic E-state index is -1.53. The molecule has 1 aliphatic carbocycles. The van der Waals surface area contributed by atoms with Gasteiger partial charge in [-0.15, -0.1) is 0 Å². The number of esters is 4. The molecule has 346 valence electrons. The van der Waals surface area contributed by atoms with Crippen molar-refractivity contribution >= 4 is 23.9 Å². The first-order valence-corrected chi connectivity index (χ1v) is 21.9. The molecule has 0 bridgehead atoms. The molecule has 15 nitrogen and oxygen atoms in total. The lowest BCUT2D eigenvalue weighted by Gasteiger charge is -2.51. The van der Waals surface area contributed by atoms with Crippen LogP contribution in [0.4, 0.5) is 0 Å². The Morgan fingerprint density at radius 3 is 0.900 bits per heavy atom. The second-order valence-electron chi connectivity index (χ2n) is 23.8. The van der Waals surface area contributed by atoms with Gasteiger partial charge in [-0.1, -0.05) is 27.7 Å². The van der Waals surface area contributed by atoms with E-state index in [1.54, 1.807) is 0 Å². The quantitative estimate of drug-likeness (QED) is 0.123. The lowest BCUT2D eigenvalue weighted by Crippen LogP contribution is -2.61. The zero-order chi connectivity index (χ0) is 46.0. The van der Waals surface area contributed by atoms with Crippen molar-refractivity contribution in [2.45, 2.75) is 239 Å². The summed E-state index contributed by atoms with van der Waals surface area (Å²) in [5, 5.41) is 47.7. The zero-order valence-corrected chi connectivity index (χ0v) is 39.5. The van der Waals surface area contributed by atoms with Gasteiger partial charge in [-0.05, 0) is 107 Å². The Morgan fingerprint density at radius 2 is 0.650 bits per heavy atom. The monoisotopic (exact) mass is 854 g/mol. The Balaban J connectivity index is 1.72. The topological polar surface area (TPSA) is 196 Å². The summed E-state index contributed by atoms with van der Waals surface area (Å²) in [6, 6.07) is 0. The summed E-state index contributed by atoms with van der Waals surface area (Å²) in [6.45, 7) is 29.6. The van der Waals surface area contributed by atoms with Crippen LogP contribution in [0.25, 0.3) is 0 Å². The lowest BCUT2D eigenvalue weighted by atomic mass is 9.62. The summed E-state index contributed by atoms with van der Waals surface area (Å²) in [5.41, 5.74) is -5.81. The third-order valence-corrected chi connectivity index (χ3v) is 13.8. The standard InChI is InChI=1S/C45H79N3O12/c1-38(2)19-27(20-39(3,4)37(38)53)57-33(49)17-31(35(51)59-29-23-42(9,10)47(55)43(11,12)24-29)32(36(52)60-30-25-44(13,14)48(56)45(15,16)26-30)18-34(50)58-28-21-40(5,6)46(54)41(7,8)22-28/h27-32,37,53-56H,17-26H2,1-16H3. The predicted molar refractivity (Wildman–Crippen MR) is 222 cm³/mol. The molecule has 0 amide bonds. The van der Waals surface area contributed by atoms with E-state index in [2.05, 4.69) is 0 Å². The van der Waals surface area contributed by atoms with E-state index in [1.807, 2.05) is 111 Å². The first-order chi connectivity index (χ1) is 26.9. The molecule has 0 aromatic carbocycles. The van der Waals surface area contributed by atoms with Crippen LogP contribution in [-0.4, -0.2) is 124 Å². The maximum absolute atomic E-state index is 14.7. The molecule has 3 heterocycles. The maximum Gasteiger partial charge on any atom is 0.310 e. The molecule has 4 fully saturated rings. The summed E-state index contributed by atoms with van der Waals surface area (Å²) in [7, 11) is 0. The first-order valence-electron chi connectivity index (χ1n) is 21.9. The minimum Gasteiger partial charge on any atom is -0.462 e. The van der Waals surface area contributed by atoms with Crippen LogP contribution in [0.15, 0.2) is 0 Å². The summed E-state index contributed by atoms with van der Waals surface area (Å²) < 4.78 is 24.5. The zero-order valence-electron chi connectivity index (χ0n) is 39.5. The third kappa shape index (κ3) is 11.2. The van der Waals surface area contributed by atoms with E-state index >= 15 is 0 Å². The normalized spacial score (nSPS) is 30.1. The molecular formula is C45H79N3O12. The van der Waals surface area contributed by atoms with E-state index in [0.29, 0.717) is 25.7 Å². The molecule has 2 atom stereocenters. The first kappa shape index (κ1) is 50.2. The summed E-state index contributed by atoms with van der Waals surface area (Å²) >= 11 is 0. The predicted octanol–water partition coefficient (Wildman–Crippen LogP) is 6.98. The number of nitrogens with zero attached hydrogens (tertiary/aromatic N) is 3. The Hall–Kier alpha value is -2.40. The van der Waals surface area contributed by atoms with Gasteiger partial charge in [-0.25, -0.2) is 0 Å². The Bertz CT molecular complexity index is 1410. The fourth-order valence-corrected chi connectivity index (χ4v) is 11.5. The molecule has 4 rings (SSSR count). The van der Waals surface area contributed by atoms with Gasteiger partial charge in [0.1, 0.15) is 24.4 Å². The van der Waals surface area contributed by atoms with Gasteiger partial charge in [-0.2, -0.15) is 15.2 Å². The summed E-state index contributed by atoms with van der Waals surface area (Å²) in [4.78, 5) is 57.6. The van der Waals surface area contributed by atoms with Crippen LogP contribution >= 0.6 is 0 Å². The van der Waals surface area contributed by atoms with Crippen molar-refractivity contribution in [1.29, 1.82) is 0 Å². The second-order valence-corrected chi connectivity index (χ2v) is 23.8. The fraction of sp³-hybridized carbons (Fsp3) is 0.911. The van der Waals surface area contributed by atoms with Crippen LogP contribution in [0.5, 0.6) is 0 Å². The van der Waals surface area contributed by atoms with Gasteiger partial charge < -0.3 is 39.7 Å². The van der Waals surface area contributed by atoms with E-state index in [9.17, 15) is 39.9 Å². The molecule has 4 N–H and O–H groups in total. The Labute approximate surface area is 358 Å². The minimum absolute atomic E-state index is 0.250. The van der Waals surface area contributed by atoms with Crippen LogP contribution in [0, 0.1) is 22.7 Å². The van der Waals surface area contributed by atoms with E-state index in [0.717, 1.165) is 0 Å². The molecule has 0 radical (unpaired) electrons. The number of hydrogen-bond donors (Lipinski definition) is 4. The van der Waals surface area contributed by atoms with E-state index < -0.39 is 123 Å². The molecule has 2 unspecified atom stereocenters. The van der Waals surface area contributed by atoms with Crippen LogP contribution in [-0.2, 0) is 38.1 Å².